The fourth-order valence-electron chi connectivity index (χ4n) is 1.50. The van der Waals surface area contributed by atoms with Crippen LogP contribution in [0.5, 0.6) is 0 Å². The Morgan fingerprint density at radius 1 is 1.56 bits per heavy atom. The average molecular weight is 268 g/mol. The van der Waals surface area contributed by atoms with Gasteiger partial charge in [-0.05, 0) is 16.8 Å². The first-order valence-corrected chi connectivity index (χ1v) is 6.26. The first kappa shape index (κ1) is 12.6. The molecule has 0 bridgehead atoms. The molecule has 2 heterocycles. The molecule has 0 aliphatic carbocycles. The van der Waals surface area contributed by atoms with Crippen molar-refractivity contribution in [1.82, 2.24) is 30.0 Å². The maximum Gasteiger partial charge on any atom is 0.313 e. The number of carbonyl (C=O) groups is 1. The monoisotopic (exact) mass is 268 g/mol. The summed E-state index contributed by atoms with van der Waals surface area (Å²) in [5.41, 5.74) is 1.64. The third-order valence-electron chi connectivity index (χ3n) is 2.21. The van der Waals surface area contributed by atoms with Crippen LogP contribution < -0.4 is 0 Å². The number of aromatic nitrogens is 6. The number of hydrogen-bond donors (Lipinski definition) is 1. The minimum absolute atomic E-state index is 0.0813. The normalized spacial score (nSPS) is 10.8. The zero-order valence-electron chi connectivity index (χ0n) is 9.94. The molecule has 8 nitrogen and oxygen atoms in total. The van der Waals surface area contributed by atoms with Crippen LogP contribution in [0.2, 0.25) is 0 Å². The quantitative estimate of drug-likeness (QED) is 0.770. The number of tetrazole rings is 1. The summed E-state index contributed by atoms with van der Waals surface area (Å²) >= 11 is 1.08. The molecular weight excluding hydrogens is 256 g/mol. The first-order chi connectivity index (χ1) is 8.61. The third-order valence-corrected chi connectivity index (χ3v) is 3.12. The largest absolute Gasteiger partial charge is 0.481 e. The number of aliphatic carboxylic acids is 1. The van der Waals surface area contributed by atoms with Gasteiger partial charge in [0, 0.05) is 7.05 Å². The second-order valence-electron chi connectivity index (χ2n) is 3.54. The van der Waals surface area contributed by atoms with Crippen molar-refractivity contribution in [1.29, 1.82) is 0 Å². The highest BCUT2D eigenvalue weighted by Crippen LogP contribution is 2.20. The lowest BCUT2D eigenvalue weighted by atomic mass is 10.3. The van der Waals surface area contributed by atoms with Gasteiger partial charge < -0.3 is 5.11 Å². The van der Waals surface area contributed by atoms with Gasteiger partial charge in [-0.2, -0.15) is 9.78 Å². The van der Waals surface area contributed by atoms with Crippen LogP contribution in [-0.2, 0) is 18.3 Å². The highest BCUT2D eigenvalue weighted by Gasteiger charge is 2.15. The van der Waals surface area contributed by atoms with Gasteiger partial charge in [-0.3, -0.25) is 9.48 Å². The van der Waals surface area contributed by atoms with E-state index < -0.39 is 5.97 Å². The van der Waals surface area contributed by atoms with Gasteiger partial charge >= 0.3 is 5.97 Å². The molecule has 0 aliphatic rings. The summed E-state index contributed by atoms with van der Waals surface area (Å²) < 4.78 is 3.20. The minimum atomic E-state index is -0.906. The van der Waals surface area contributed by atoms with E-state index in [9.17, 15) is 4.79 Å². The Morgan fingerprint density at radius 3 is 3.00 bits per heavy atom. The van der Waals surface area contributed by atoms with Crippen molar-refractivity contribution >= 4 is 17.7 Å². The van der Waals surface area contributed by atoms with Gasteiger partial charge in [0.25, 0.3) is 0 Å². The summed E-state index contributed by atoms with van der Waals surface area (Å²) in [4.78, 5) is 10.6. The van der Waals surface area contributed by atoms with Crippen LogP contribution in [0, 0.1) is 0 Å². The van der Waals surface area contributed by atoms with Crippen LogP contribution in [0.25, 0.3) is 5.69 Å². The predicted octanol–water partition coefficient (Wildman–Crippen LogP) is 0.135. The van der Waals surface area contributed by atoms with Crippen molar-refractivity contribution in [2.24, 2.45) is 7.05 Å². The van der Waals surface area contributed by atoms with Crippen LogP contribution in [0.15, 0.2) is 11.4 Å². The molecule has 0 saturated carbocycles. The summed E-state index contributed by atoms with van der Waals surface area (Å²) in [6.07, 6.45) is 2.55. The topological polar surface area (TPSA) is 98.7 Å². The zero-order valence-corrected chi connectivity index (χ0v) is 10.8. The molecule has 0 saturated heterocycles. The van der Waals surface area contributed by atoms with Crippen molar-refractivity contribution in [3.05, 3.63) is 11.9 Å². The number of aryl methyl sites for hydroxylation is 2. The number of thioether (sulfide) groups is 1. The zero-order chi connectivity index (χ0) is 13.1. The van der Waals surface area contributed by atoms with E-state index in [-0.39, 0.29) is 5.75 Å². The maximum absolute atomic E-state index is 10.6. The van der Waals surface area contributed by atoms with E-state index in [2.05, 4.69) is 20.6 Å². The van der Waals surface area contributed by atoms with E-state index in [1.807, 2.05) is 14.0 Å². The predicted molar refractivity (Wildman–Crippen MR) is 63.7 cm³/mol. The van der Waals surface area contributed by atoms with E-state index >= 15 is 0 Å². The van der Waals surface area contributed by atoms with E-state index in [1.54, 1.807) is 10.9 Å². The molecule has 2 aromatic heterocycles. The second-order valence-corrected chi connectivity index (χ2v) is 4.49. The summed E-state index contributed by atoms with van der Waals surface area (Å²) in [5.74, 6) is -0.987. The van der Waals surface area contributed by atoms with Crippen molar-refractivity contribution in [2.75, 3.05) is 5.75 Å². The van der Waals surface area contributed by atoms with Crippen molar-refractivity contribution in [3.8, 4) is 5.69 Å². The van der Waals surface area contributed by atoms with Gasteiger partial charge in [0.15, 0.2) is 0 Å². The Balaban J connectivity index is 2.32. The number of nitrogens with zero attached hydrogens (tertiary/aromatic N) is 6. The molecule has 0 amide bonds. The lowest BCUT2D eigenvalue weighted by molar-refractivity contribution is -0.133. The van der Waals surface area contributed by atoms with Crippen LogP contribution in [0.3, 0.4) is 0 Å². The molecule has 0 radical (unpaired) electrons. The van der Waals surface area contributed by atoms with Gasteiger partial charge in [0.05, 0.1) is 17.6 Å². The molecule has 0 aliphatic heterocycles. The first-order valence-electron chi connectivity index (χ1n) is 5.27. The Hall–Kier alpha value is -1.90. The maximum atomic E-state index is 10.6. The van der Waals surface area contributed by atoms with Crippen LogP contribution in [-0.4, -0.2) is 46.8 Å². The molecule has 18 heavy (non-hydrogen) atoms. The Bertz CT molecular complexity index is 563. The standard InChI is InChI=1S/C9H12N6O2S/c1-3-6-7(4-14(2)11-6)15-9(10-12-13-15)18-5-8(16)17/h4H,3,5H2,1-2H3,(H,16,17). The van der Waals surface area contributed by atoms with Gasteiger partial charge in [-0.15, -0.1) is 5.10 Å². The number of carboxylic acids is 1. The molecule has 0 spiro atoms. The highest BCUT2D eigenvalue weighted by atomic mass is 32.2. The van der Waals surface area contributed by atoms with E-state index in [1.165, 1.54) is 4.68 Å². The van der Waals surface area contributed by atoms with Crippen LogP contribution in [0.1, 0.15) is 12.6 Å². The molecule has 0 unspecified atom stereocenters. The minimum Gasteiger partial charge on any atom is -0.481 e. The fraction of sp³-hybridized carbons (Fsp3) is 0.444. The lowest BCUT2D eigenvalue weighted by Gasteiger charge is -2.01. The highest BCUT2D eigenvalue weighted by molar-refractivity contribution is 7.99. The lowest BCUT2D eigenvalue weighted by Crippen LogP contribution is -2.04. The Labute approximate surface area is 107 Å². The SMILES string of the molecule is CCc1nn(C)cc1-n1nnnc1SCC(=O)O. The van der Waals surface area contributed by atoms with Crippen LogP contribution in [0.4, 0.5) is 0 Å². The summed E-state index contributed by atoms with van der Waals surface area (Å²) in [7, 11) is 1.82. The molecule has 9 heteroatoms. The van der Waals surface area contributed by atoms with Gasteiger partial charge in [0.1, 0.15) is 5.69 Å². The molecular formula is C9H12N6O2S. The Morgan fingerprint density at radius 2 is 2.33 bits per heavy atom. The Kier molecular flexibility index (Phi) is 3.60. The summed E-state index contributed by atoms with van der Waals surface area (Å²) in [6, 6.07) is 0. The second kappa shape index (κ2) is 5.17. The van der Waals surface area contributed by atoms with E-state index in [4.69, 9.17) is 5.11 Å². The molecule has 0 fully saturated rings. The molecule has 0 atom stereocenters. The summed E-state index contributed by atoms with van der Waals surface area (Å²) in [5, 5.41) is 24.7. The summed E-state index contributed by atoms with van der Waals surface area (Å²) in [6.45, 7) is 1.99. The number of rotatable bonds is 5. The molecule has 0 aromatic carbocycles. The molecule has 2 aromatic rings. The average Bonchev–Trinajstić information content (AvgIpc) is 2.91. The number of hydrogen-bond acceptors (Lipinski definition) is 6. The molecule has 2 rings (SSSR count). The smallest absolute Gasteiger partial charge is 0.313 e. The van der Waals surface area contributed by atoms with Crippen molar-refractivity contribution < 1.29 is 9.90 Å². The third kappa shape index (κ3) is 2.50. The molecule has 96 valence electrons. The van der Waals surface area contributed by atoms with Gasteiger partial charge in [-0.1, -0.05) is 18.7 Å². The number of carboxylic acid groups (broad SMARTS) is 1. The molecule has 1 N–H and O–H groups in total. The van der Waals surface area contributed by atoms with Gasteiger partial charge in [0.2, 0.25) is 5.16 Å². The van der Waals surface area contributed by atoms with Crippen LogP contribution >= 0.6 is 11.8 Å². The van der Waals surface area contributed by atoms with E-state index in [0.717, 1.165) is 29.6 Å². The van der Waals surface area contributed by atoms with E-state index in [0.29, 0.717) is 5.16 Å². The van der Waals surface area contributed by atoms with Crippen molar-refractivity contribution in [2.45, 2.75) is 18.5 Å². The van der Waals surface area contributed by atoms with Gasteiger partial charge in [-0.25, -0.2) is 0 Å². The van der Waals surface area contributed by atoms with Crippen molar-refractivity contribution in [3.63, 3.8) is 0 Å². The fourth-order valence-corrected chi connectivity index (χ4v) is 2.10.